The number of hydrogen-bond donors (Lipinski definition) is 0. The molecule has 0 aliphatic heterocycles. The van der Waals surface area contributed by atoms with Crippen LogP contribution in [0.25, 0.3) is 10.8 Å². The number of hydrogen-bond acceptors (Lipinski definition) is 10. The molecule has 0 unspecified atom stereocenters. The Hall–Kier alpha value is -7.20. The van der Waals surface area contributed by atoms with Gasteiger partial charge in [-0.15, -0.1) is 6.58 Å². The third-order valence-electron chi connectivity index (χ3n) is 12.0. The predicted octanol–water partition coefficient (Wildman–Crippen LogP) is 15.2. The van der Waals surface area contributed by atoms with Crippen LogP contribution >= 0.6 is 0 Å². The molecule has 6 aromatic carbocycles. The van der Waals surface area contributed by atoms with Crippen molar-refractivity contribution in [1.29, 1.82) is 0 Å². The van der Waals surface area contributed by atoms with Crippen LogP contribution in [0.5, 0.6) is 34.5 Å². The zero-order valence-electron chi connectivity index (χ0n) is 40.7. The molecule has 10 heteroatoms. The van der Waals surface area contributed by atoms with E-state index in [-0.39, 0.29) is 22.6 Å². The number of allylic oxidation sites excluding steroid dienone is 1. The Morgan fingerprint density at radius 1 is 0.414 bits per heavy atom. The molecule has 0 aromatic heterocycles. The summed E-state index contributed by atoms with van der Waals surface area (Å²) in [5.74, 6) is 0.311. The lowest BCUT2D eigenvalue weighted by atomic mass is 10.0. The van der Waals surface area contributed by atoms with E-state index in [1.807, 2.05) is 25.1 Å². The standard InChI is InChI=1S/C60H66O10/c1-4-6-8-10-12-14-16-18-20-42-66-51-33-24-49(25-34-51)60(64)70-56-40-30-45-21-39-54(43-55(45)44(56)3)69-59(63)48-28-37-53(38-29-48)68-58(62)47-26-35-52(36-27-47)67-57(61)46-22-31-50(32-23-46)65-41-19-17-15-13-11-9-7-5-2/h4,21-40,43H,1,5-20,41-42H2,2-3H3. The van der Waals surface area contributed by atoms with Crippen LogP contribution in [0.4, 0.5) is 0 Å². The number of carbonyl (C=O) groups is 4. The summed E-state index contributed by atoms with van der Waals surface area (Å²) >= 11 is 0. The van der Waals surface area contributed by atoms with E-state index in [0.717, 1.165) is 42.9 Å². The van der Waals surface area contributed by atoms with Crippen LogP contribution in [0.3, 0.4) is 0 Å². The van der Waals surface area contributed by atoms with Gasteiger partial charge in [0, 0.05) is 0 Å². The van der Waals surface area contributed by atoms with Crippen LogP contribution < -0.4 is 28.4 Å². The van der Waals surface area contributed by atoms with Crippen molar-refractivity contribution in [2.24, 2.45) is 0 Å². The van der Waals surface area contributed by atoms with Gasteiger partial charge in [-0.3, -0.25) is 0 Å². The first-order valence-electron chi connectivity index (χ1n) is 24.9. The highest BCUT2D eigenvalue weighted by Gasteiger charge is 2.17. The number of esters is 4. The molecule has 0 amide bonds. The fourth-order valence-electron chi connectivity index (χ4n) is 7.84. The van der Waals surface area contributed by atoms with Crippen LogP contribution in [0.2, 0.25) is 0 Å². The molecule has 10 nitrogen and oxygen atoms in total. The molecular weight excluding hydrogens is 881 g/mol. The third-order valence-corrected chi connectivity index (χ3v) is 12.0. The van der Waals surface area contributed by atoms with Gasteiger partial charge in [0.05, 0.1) is 35.5 Å². The Kier molecular flexibility index (Phi) is 21.1. The molecule has 0 radical (unpaired) electrons. The summed E-state index contributed by atoms with van der Waals surface area (Å²) < 4.78 is 34.3. The lowest BCUT2D eigenvalue weighted by molar-refractivity contribution is 0.0722. The van der Waals surface area contributed by atoms with Gasteiger partial charge < -0.3 is 28.4 Å². The van der Waals surface area contributed by atoms with Gasteiger partial charge in [0.2, 0.25) is 0 Å². The number of fused-ring (bicyclic) bond motifs is 1. The van der Waals surface area contributed by atoms with Crippen molar-refractivity contribution in [3.05, 3.63) is 168 Å². The minimum absolute atomic E-state index is 0.220. The number of unbranched alkanes of at least 4 members (excludes halogenated alkanes) is 14. The normalized spacial score (nSPS) is 10.9. The summed E-state index contributed by atoms with van der Waals surface area (Å²) in [6.45, 7) is 9.11. The van der Waals surface area contributed by atoms with E-state index in [0.29, 0.717) is 52.9 Å². The second-order valence-electron chi connectivity index (χ2n) is 17.5. The minimum atomic E-state index is -0.632. The Morgan fingerprint density at radius 3 is 1.21 bits per heavy atom. The number of carbonyl (C=O) groups excluding carboxylic acids is 4. The molecule has 0 N–H and O–H groups in total. The Bertz CT molecular complexity index is 2600. The first-order chi connectivity index (χ1) is 34.2. The molecule has 0 bridgehead atoms. The van der Waals surface area contributed by atoms with Gasteiger partial charge in [0.25, 0.3) is 0 Å². The molecule has 0 aliphatic rings. The zero-order valence-corrected chi connectivity index (χ0v) is 40.7. The smallest absolute Gasteiger partial charge is 0.343 e. The molecule has 0 atom stereocenters. The van der Waals surface area contributed by atoms with E-state index in [1.54, 1.807) is 66.7 Å². The highest BCUT2D eigenvalue weighted by molar-refractivity contribution is 5.96. The number of rotatable bonds is 29. The van der Waals surface area contributed by atoms with Crippen LogP contribution in [-0.2, 0) is 0 Å². The van der Waals surface area contributed by atoms with Crippen LogP contribution in [0.15, 0.2) is 140 Å². The average molecular weight is 947 g/mol. The van der Waals surface area contributed by atoms with Crippen molar-refractivity contribution in [1.82, 2.24) is 0 Å². The first-order valence-corrected chi connectivity index (χ1v) is 24.9. The molecule has 0 fully saturated rings. The van der Waals surface area contributed by atoms with Crippen LogP contribution in [-0.4, -0.2) is 37.1 Å². The molecule has 366 valence electrons. The van der Waals surface area contributed by atoms with E-state index in [1.165, 1.54) is 119 Å². The molecule has 0 aliphatic carbocycles. The molecular formula is C60H66O10. The maximum atomic E-state index is 13.2. The summed E-state index contributed by atoms with van der Waals surface area (Å²) in [7, 11) is 0. The van der Waals surface area contributed by atoms with E-state index < -0.39 is 23.9 Å². The van der Waals surface area contributed by atoms with E-state index in [4.69, 9.17) is 28.4 Å². The summed E-state index contributed by atoms with van der Waals surface area (Å²) in [5, 5.41) is 1.63. The second-order valence-corrected chi connectivity index (χ2v) is 17.5. The van der Waals surface area contributed by atoms with Crippen molar-refractivity contribution in [2.45, 2.75) is 117 Å². The predicted molar refractivity (Wildman–Crippen MR) is 275 cm³/mol. The van der Waals surface area contributed by atoms with Gasteiger partial charge in [0.15, 0.2) is 0 Å². The SMILES string of the molecule is C=CCCCCCCCCCOc1ccc(C(=O)Oc2ccc3ccc(OC(=O)c4ccc(OC(=O)c5ccc(OC(=O)c6ccc(OCCCCCCCCCC)cc6)cc5)cc4)cc3c2C)cc1. The fourth-order valence-corrected chi connectivity index (χ4v) is 7.84. The Morgan fingerprint density at radius 2 is 0.771 bits per heavy atom. The molecule has 0 saturated heterocycles. The largest absolute Gasteiger partial charge is 0.494 e. The Balaban J connectivity index is 0.921. The van der Waals surface area contributed by atoms with Gasteiger partial charge in [-0.25, -0.2) is 19.2 Å². The highest BCUT2D eigenvalue weighted by atomic mass is 16.5. The van der Waals surface area contributed by atoms with Gasteiger partial charge in [-0.2, -0.15) is 0 Å². The number of benzene rings is 6. The first kappa shape index (κ1) is 52.2. The topological polar surface area (TPSA) is 124 Å². The van der Waals surface area contributed by atoms with Crippen molar-refractivity contribution in [3.8, 4) is 34.5 Å². The van der Waals surface area contributed by atoms with Crippen molar-refractivity contribution >= 4 is 34.6 Å². The van der Waals surface area contributed by atoms with Crippen LogP contribution in [0, 0.1) is 6.92 Å². The fraction of sp³-hybridized carbons (Fsp3) is 0.333. The molecule has 0 spiro atoms. The van der Waals surface area contributed by atoms with Crippen molar-refractivity contribution in [2.75, 3.05) is 13.2 Å². The summed E-state index contributed by atoms with van der Waals surface area (Å²) in [6, 6.07) is 34.7. The van der Waals surface area contributed by atoms with Gasteiger partial charge in [-0.1, -0.05) is 102 Å². The van der Waals surface area contributed by atoms with Crippen LogP contribution in [0.1, 0.15) is 157 Å². The average Bonchev–Trinajstić information content (AvgIpc) is 3.38. The summed E-state index contributed by atoms with van der Waals surface area (Å²) in [5.41, 5.74) is 1.96. The monoisotopic (exact) mass is 946 g/mol. The lowest BCUT2D eigenvalue weighted by Crippen LogP contribution is -2.11. The molecule has 70 heavy (non-hydrogen) atoms. The molecule has 6 aromatic rings. The molecule has 0 heterocycles. The summed E-state index contributed by atoms with van der Waals surface area (Å²) in [6.07, 6.45) is 21.2. The van der Waals surface area contributed by atoms with Crippen molar-refractivity contribution < 1.29 is 47.6 Å². The number of aryl methyl sites for hydroxylation is 1. The minimum Gasteiger partial charge on any atom is -0.494 e. The van der Waals surface area contributed by atoms with E-state index in [9.17, 15) is 19.2 Å². The van der Waals surface area contributed by atoms with Gasteiger partial charge in [-0.05, 0) is 164 Å². The third kappa shape index (κ3) is 16.8. The number of ether oxygens (including phenoxy) is 6. The zero-order chi connectivity index (χ0) is 49.3. The van der Waals surface area contributed by atoms with Gasteiger partial charge in [0.1, 0.15) is 34.5 Å². The molecule has 6 rings (SSSR count). The van der Waals surface area contributed by atoms with Crippen molar-refractivity contribution in [3.63, 3.8) is 0 Å². The maximum Gasteiger partial charge on any atom is 0.343 e. The highest BCUT2D eigenvalue weighted by Crippen LogP contribution is 2.32. The second kappa shape index (κ2) is 28.3. The quantitative estimate of drug-likeness (QED) is 0.0194. The van der Waals surface area contributed by atoms with E-state index in [2.05, 4.69) is 13.5 Å². The molecule has 0 saturated carbocycles. The van der Waals surface area contributed by atoms with E-state index >= 15 is 0 Å². The lowest BCUT2D eigenvalue weighted by Gasteiger charge is -2.12. The summed E-state index contributed by atoms with van der Waals surface area (Å²) in [4.78, 5) is 52.1. The van der Waals surface area contributed by atoms with Gasteiger partial charge >= 0.3 is 23.9 Å². The Labute approximate surface area is 412 Å². The maximum absolute atomic E-state index is 13.2.